The van der Waals surface area contributed by atoms with Crippen LogP contribution >= 0.6 is 15.9 Å². The first kappa shape index (κ1) is 15.5. The number of rotatable bonds is 6. The van der Waals surface area contributed by atoms with Gasteiger partial charge in [0.05, 0.1) is 0 Å². The highest BCUT2D eigenvalue weighted by Crippen LogP contribution is 2.37. The zero-order valence-electron chi connectivity index (χ0n) is 13.0. The summed E-state index contributed by atoms with van der Waals surface area (Å²) >= 11 is 3.59. The van der Waals surface area contributed by atoms with E-state index in [9.17, 15) is 0 Å². The first-order valence-electron chi connectivity index (χ1n) is 8.47. The Bertz CT molecular complexity index is 450. The highest BCUT2D eigenvalue weighted by Gasteiger charge is 2.35. The van der Waals surface area contributed by atoms with Crippen LogP contribution in [0.25, 0.3) is 0 Å². The molecule has 0 spiro atoms. The van der Waals surface area contributed by atoms with Gasteiger partial charge in [0.25, 0.3) is 0 Å². The van der Waals surface area contributed by atoms with E-state index in [0.29, 0.717) is 6.04 Å². The summed E-state index contributed by atoms with van der Waals surface area (Å²) in [4.78, 5) is 2.71. The molecule has 2 nitrogen and oxygen atoms in total. The Labute approximate surface area is 137 Å². The van der Waals surface area contributed by atoms with Crippen LogP contribution in [0.3, 0.4) is 0 Å². The molecule has 21 heavy (non-hydrogen) atoms. The van der Waals surface area contributed by atoms with Gasteiger partial charge in [-0.3, -0.25) is 0 Å². The lowest BCUT2D eigenvalue weighted by molar-refractivity contribution is 0.289. The van der Waals surface area contributed by atoms with Crippen LogP contribution in [0, 0.1) is 11.8 Å². The molecule has 1 aromatic rings. The lowest BCUT2D eigenvalue weighted by Crippen LogP contribution is -2.28. The molecule has 116 valence electrons. The Morgan fingerprint density at radius 3 is 2.71 bits per heavy atom. The van der Waals surface area contributed by atoms with Gasteiger partial charge in [-0.25, -0.2) is 0 Å². The van der Waals surface area contributed by atoms with Crippen molar-refractivity contribution in [2.45, 2.75) is 38.6 Å². The number of benzene rings is 1. The molecule has 0 aromatic heterocycles. The molecule has 2 fully saturated rings. The molecule has 1 aliphatic carbocycles. The van der Waals surface area contributed by atoms with Crippen molar-refractivity contribution in [3.63, 3.8) is 0 Å². The monoisotopic (exact) mass is 350 g/mol. The SMILES string of the molecule is CCNC(CCN1CC2CCCC2C1)c1cccc(Br)c1. The maximum atomic E-state index is 3.65. The molecule has 0 bridgehead atoms. The minimum Gasteiger partial charge on any atom is -0.310 e. The number of hydrogen-bond donors (Lipinski definition) is 1. The molecular weight excluding hydrogens is 324 g/mol. The predicted molar refractivity (Wildman–Crippen MR) is 92.4 cm³/mol. The second-order valence-corrected chi connectivity index (χ2v) is 7.58. The van der Waals surface area contributed by atoms with Gasteiger partial charge in [-0.2, -0.15) is 0 Å². The van der Waals surface area contributed by atoms with Gasteiger partial charge in [0.1, 0.15) is 0 Å². The first-order valence-corrected chi connectivity index (χ1v) is 9.26. The third-order valence-corrected chi connectivity index (χ3v) is 5.73. The predicted octanol–water partition coefficient (Wildman–Crippen LogP) is 4.22. The Hall–Kier alpha value is -0.380. The smallest absolute Gasteiger partial charge is 0.0332 e. The number of halogens is 1. The van der Waals surface area contributed by atoms with Crippen molar-refractivity contribution in [3.8, 4) is 0 Å². The highest BCUT2D eigenvalue weighted by atomic mass is 79.9. The minimum atomic E-state index is 0.480. The summed E-state index contributed by atoms with van der Waals surface area (Å²) in [5, 5.41) is 3.65. The molecule has 1 heterocycles. The Morgan fingerprint density at radius 1 is 1.29 bits per heavy atom. The Morgan fingerprint density at radius 2 is 2.05 bits per heavy atom. The number of likely N-dealkylation sites (tertiary alicyclic amines) is 1. The summed E-state index contributed by atoms with van der Waals surface area (Å²) in [6.07, 6.45) is 5.64. The molecule has 2 aliphatic rings. The first-order chi connectivity index (χ1) is 10.3. The van der Waals surface area contributed by atoms with Crippen LogP contribution in [0.1, 0.15) is 44.2 Å². The molecule has 1 N–H and O–H groups in total. The lowest BCUT2D eigenvalue weighted by atomic mass is 10.0. The number of nitrogens with zero attached hydrogens (tertiary/aromatic N) is 1. The molecule has 1 saturated heterocycles. The summed E-state index contributed by atoms with van der Waals surface area (Å²) in [6.45, 7) is 7.16. The van der Waals surface area contributed by atoms with E-state index in [-0.39, 0.29) is 0 Å². The van der Waals surface area contributed by atoms with Crippen LogP contribution < -0.4 is 5.32 Å². The fourth-order valence-electron chi connectivity index (χ4n) is 4.18. The molecule has 3 heteroatoms. The van der Waals surface area contributed by atoms with Gasteiger partial charge in [0, 0.05) is 23.6 Å². The zero-order chi connectivity index (χ0) is 14.7. The topological polar surface area (TPSA) is 15.3 Å². The quantitative estimate of drug-likeness (QED) is 0.825. The molecule has 0 radical (unpaired) electrons. The van der Waals surface area contributed by atoms with Crippen LogP contribution in [0.2, 0.25) is 0 Å². The van der Waals surface area contributed by atoms with Gasteiger partial charge in [0.15, 0.2) is 0 Å². The van der Waals surface area contributed by atoms with Gasteiger partial charge in [-0.15, -0.1) is 0 Å². The lowest BCUT2D eigenvalue weighted by Gasteiger charge is -2.23. The molecule has 1 aliphatic heterocycles. The van der Waals surface area contributed by atoms with E-state index in [1.165, 1.54) is 55.4 Å². The average molecular weight is 351 g/mol. The normalized spacial score (nSPS) is 27.0. The van der Waals surface area contributed by atoms with Crippen molar-refractivity contribution in [2.24, 2.45) is 11.8 Å². The van der Waals surface area contributed by atoms with Gasteiger partial charge in [0.2, 0.25) is 0 Å². The van der Waals surface area contributed by atoms with E-state index in [2.05, 4.69) is 57.3 Å². The minimum absolute atomic E-state index is 0.480. The second kappa shape index (κ2) is 7.26. The fourth-order valence-corrected chi connectivity index (χ4v) is 4.60. The van der Waals surface area contributed by atoms with Crippen molar-refractivity contribution in [1.82, 2.24) is 10.2 Å². The van der Waals surface area contributed by atoms with E-state index >= 15 is 0 Å². The highest BCUT2D eigenvalue weighted by molar-refractivity contribution is 9.10. The fraction of sp³-hybridized carbons (Fsp3) is 0.667. The van der Waals surface area contributed by atoms with Crippen LogP contribution in [-0.4, -0.2) is 31.1 Å². The maximum absolute atomic E-state index is 3.65. The summed E-state index contributed by atoms with van der Waals surface area (Å²) < 4.78 is 1.18. The van der Waals surface area contributed by atoms with Crippen LogP contribution in [0.5, 0.6) is 0 Å². The Kier molecular flexibility index (Phi) is 5.36. The van der Waals surface area contributed by atoms with Crippen LogP contribution in [-0.2, 0) is 0 Å². The summed E-state index contributed by atoms with van der Waals surface area (Å²) in [6, 6.07) is 9.23. The number of nitrogens with one attached hydrogen (secondary N) is 1. The van der Waals surface area contributed by atoms with Gasteiger partial charge in [-0.1, -0.05) is 41.4 Å². The van der Waals surface area contributed by atoms with Crippen molar-refractivity contribution in [2.75, 3.05) is 26.2 Å². The van der Waals surface area contributed by atoms with Gasteiger partial charge >= 0.3 is 0 Å². The van der Waals surface area contributed by atoms with Crippen LogP contribution in [0.15, 0.2) is 28.7 Å². The standard InChI is InChI=1S/C18H27BrN2/c1-2-20-18(14-5-4-8-17(19)11-14)9-10-21-12-15-6-3-7-16(15)13-21/h4-5,8,11,15-16,18,20H,2-3,6-7,9-10,12-13H2,1H3. The van der Waals surface area contributed by atoms with E-state index in [0.717, 1.165) is 18.4 Å². The third-order valence-electron chi connectivity index (χ3n) is 5.24. The maximum Gasteiger partial charge on any atom is 0.0332 e. The average Bonchev–Trinajstić information content (AvgIpc) is 3.04. The van der Waals surface area contributed by atoms with Gasteiger partial charge < -0.3 is 10.2 Å². The van der Waals surface area contributed by atoms with E-state index < -0.39 is 0 Å². The molecule has 0 amide bonds. The zero-order valence-corrected chi connectivity index (χ0v) is 14.6. The van der Waals surface area contributed by atoms with E-state index in [4.69, 9.17) is 0 Å². The van der Waals surface area contributed by atoms with Crippen molar-refractivity contribution < 1.29 is 0 Å². The molecular formula is C18H27BrN2. The van der Waals surface area contributed by atoms with Crippen LogP contribution in [0.4, 0.5) is 0 Å². The van der Waals surface area contributed by atoms with Crippen molar-refractivity contribution >= 4 is 15.9 Å². The molecule has 3 atom stereocenters. The molecule has 3 rings (SSSR count). The van der Waals surface area contributed by atoms with E-state index in [1.807, 2.05) is 0 Å². The molecule has 3 unspecified atom stereocenters. The van der Waals surface area contributed by atoms with E-state index in [1.54, 1.807) is 0 Å². The number of hydrogen-bond acceptors (Lipinski definition) is 2. The van der Waals surface area contributed by atoms with Crippen molar-refractivity contribution in [1.29, 1.82) is 0 Å². The molecule has 1 saturated carbocycles. The number of fused-ring (bicyclic) bond motifs is 1. The summed E-state index contributed by atoms with van der Waals surface area (Å²) in [5.74, 6) is 2.02. The van der Waals surface area contributed by atoms with Gasteiger partial charge in [-0.05, 0) is 61.9 Å². The second-order valence-electron chi connectivity index (χ2n) is 6.66. The molecule has 1 aromatic carbocycles. The third kappa shape index (κ3) is 3.88. The summed E-state index contributed by atoms with van der Waals surface area (Å²) in [5.41, 5.74) is 1.41. The summed E-state index contributed by atoms with van der Waals surface area (Å²) in [7, 11) is 0. The Balaban J connectivity index is 1.56. The largest absolute Gasteiger partial charge is 0.310 e. The van der Waals surface area contributed by atoms with Crippen molar-refractivity contribution in [3.05, 3.63) is 34.3 Å².